The van der Waals surface area contributed by atoms with Crippen LogP contribution >= 0.6 is 0 Å². The van der Waals surface area contributed by atoms with Gasteiger partial charge in [0.25, 0.3) is 5.69 Å². The van der Waals surface area contributed by atoms with Crippen LogP contribution in [0.15, 0.2) is 54.6 Å². The highest BCUT2D eigenvalue weighted by Gasteiger charge is 2.10. The molecule has 1 saturated heterocycles. The summed E-state index contributed by atoms with van der Waals surface area (Å²) in [4.78, 5) is 24.4. The maximum Gasteiger partial charge on any atom is 0.269 e. The lowest BCUT2D eigenvalue weighted by molar-refractivity contribution is -0.384. The van der Waals surface area contributed by atoms with E-state index in [1.54, 1.807) is 18.2 Å². The van der Waals surface area contributed by atoms with E-state index in [1.165, 1.54) is 18.2 Å². The average molecular weight is 353 g/mol. The van der Waals surface area contributed by atoms with Crippen molar-refractivity contribution in [2.75, 3.05) is 36.5 Å². The molecule has 7 nitrogen and oxygen atoms in total. The summed E-state index contributed by atoms with van der Waals surface area (Å²) in [6.07, 6.45) is 3.01. The Morgan fingerprint density at radius 2 is 1.73 bits per heavy atom. The van der Waals surface area contributed by atoms with E-state index >= 15 is 0 Å². The van der Waals surface area contributed by atoms with Gasteiger partial charge < -0.3 is 15.0 Å². The third kappa shape index (κ3) is 4.67. The first-order valence-corrected chi connectivity index (χ1v) is 8.28. The Hall–Kier alpha value is -3.19. The molecular weight excluding hydrogens is 334 g/mol. The molecule has 0 unspecified atom stereocenters. The number of benzene rings is 2. The number of ether oxygens (including phenoxy) is 1. The van der Waals surface area contributed by atoms with Crippen LogP contribution in [0.1, 0.15) is 5.56 Å². The van der Waals surface area contributed by atoms with Crippen molar-refractivity contribution in [3.8, 4) is 0 Å². The van der Waals surface area contributed by atoms with Crippen molar-refractivity contribution >= 4 is 29.0 Å². The van der Waals surface area contributed by atoms with Gasteiger partial charge in [-0.15, -0.1) is 0 Å². The van der Waals surface area contributed by atoms with Crippen LogP contribution in [-0.4, -0.2) is 37.1 Å². The zero-order valence-electron chi connectivity index (χ0n) is 14.1. The number of hydrogen-bond donors (Lipinski definition) is 1. The van der Waals surface area contributed by atoms with Crippen molar-refractivity contribution in [1.82, 2.24) is 0 Å². The van der Waals surface area contributed by atoms with Crippen LogP contribution in [0.3, 0.4) is 0 Å². The van der Waals surface area contributed by atoms with Crippen molar-refractivity contribution in [3.63, 3.8) is 0 Å². The Morgan fingerprint density at radius 1 is 1.08 bits per heavy atom. The Labute approximate surface area is 151 Å². The highest BCUT2D eigenvalue weighted by atomic mass is 16.6. The van der Waals surface area contributed by atoms with E-state index in [9.17, 15) is 14.9 Å². The van der Waals surface area contributed by atoms with E-state index in [4.69, 9.17) is 4.74 Å². The van der Waals surface area contributed by atoms with E-state index < -0.39 is 4.92 Å². The summed E-state index contributed by atoms with van der Waals surface area (Å²) in [7, 11) is 0. The standard InChI is InChI=1S/C19H19N3O4/c23-19(10-3-15-1-6-18(7-2-15)22(24)25)20-16-4-8-17(9-5-16)21-11-13-26-14-12-21/h1-10H,11-14H2,(H,20,23). The van der Waals surface area contributed by atoms with E-state index in [-0.39, 0.29) is 11.6 Å². The Morgan fingerprint density at radius 3 is 2.35 bits per heavy atom. The molecule has 0 spiro atoms. The fraction of sp³-hybridized carbons (Fsp3) is 0.211. The van der Waals surface area contributed by atoms with E-state index in [0.717, 1.165) is 32.0 Å². The van der Waals surface area contributed by atoms with Gasteiger partial charge in [-0.3, -0.25) is 14.9 Å². The molecule has 0 saturated carbocycles. The Balaban J connectivity index is 1.56. The fourth-order valence-corrected chi connectivity index (χ4v) is 2.64. The first-order chi connectivity index (χ1) is 12.6. The molecule has 1 aliphatic heterocycles. The Bertz CT molecular complexity index is 795. The predicted octanol–water partition coefficient (Wildman–Crippen LogP) is 3.08. The van der Waals surface area contributed by atoms with Gasteiger partial charge in [-0.2, -0.15) is 0 Å². The summed E-state index contributed by atoms with van der Waals surface area (Å²) in [5.74, 6) is -0.262. The Kier molecular flexibility index (Phi) is 5.60. The topological polar surface area (TPSA) is 84.7 Å². The highest BCUT2D eigenvalue weighted by molar-refractivity contribution is 6.02. The molecule has 26 heavy (non-hydrogen) atoms. The number of nitro groups is 1. The summed E-state index contributed by atoms with van der Waals surface area (Å²) in [5.41, 5.74) is 2.55. The molecule has 2 aromatic carbocycles. The fourth-order valence-electron chi connectivity index (χ4n) is 2.64. The molecule has 0 aliphatic carbocycles. The van der Waals surface area contributed by atoms with Crippen LogP contribution in [0.2, 0.25) is 0 Å². The molecule has 1 aliphatic rings. The summed E-state index contributed by atoms with van der Waals surface area (Å²) in [6.45, 7) is 3.19. The van der Waals surface area contributed by atoms with Crippen LogP contribution in [0, 0.1) is 10.1 Å². The molecule has 1 N–H and O–H groups in total. The normalized spacial score (nSPS) is 14.4. The lowest BCUT2D eigenvalue weighted by Gasteiger charge is -2.28. The largest absolute Gasteiger partial charge is 0.378 e. The zero-order valence-corrected chi connectivity index (χ0v) is 14.1. The molecule has 134 valence electrons. The van der Waals surface area contributed by atoms with Gasteiger partial charge in [0.2, 0.25) is 5.91 Å². The monoisotopic (exact) mass is 353 g/mol. The van der Waals surface area contributed by atoms with Crippen LogP contribution in [0.5, 0.6) is 0 Å². The van der Waals surface area contributed by atoms with Crippen LogP contribution in [0.4, 0.5) is 17.1 Å². The summed E-state index contributed by atoms with van der Waals surface area (Å²) < 4.78 is 5.34. The van der Waals surface area contributed by atoms with Crippen LogP contribution in [0.25, 0.3) is 6.08 Å². The third-order valence-electron chi connectivity index (χ3n) is 4.04. The number of nitrogens with one attached hydrogen (secondary N) is 1. The number of nitrogens with zero attached hydrogens (tertiary/aromatic N) is 2. The average Bonchev–Trinajstić information content (AvgIpc) is 2.68. The lowest BCUT2D eigenvalue weighted by atomic mass is 10.2. The maximum absolute atomic E-state index is 12.0. The van der Waals surface area contributed by atoms with Gasteiger partial charge in [-0.1, -0.05) is 0 Å². The highest BCUT2D eigenvalue weighted by Crippen LogP contribution is 2.19. The van der Waals surface area contributed by atoms with Crippen LogP contribution < -0.4 is 10.2 Å². The quantitative estimate of drug-likeness (QED) is 0.507. The molecule has 0 bridgehead atoms. The second-order valence-electron chi connectivity index (χ2n) is 5.82. The molecule has 0 radical (unpaired) electrons. The number of hydrogen-bond acceptors (Lipinski definition) is 5. The number of non-ortho nitro benzene ring substituents is 1. The number of rotatable bonds is 5. The van der Waals surface area contributed by atoms with Crippen molar-refractivity contribution < 1.29 is 14.5 Å². The lowest BCUT2D eigenvalue weighted by Crippen LogP contribution is -2.36. The van der Waals surface area contributed by atoms with Crippen molar-refractivity contribution in [2.24, 2.45) is 0 Å². The first-order valence-electron chi connectivity index (χ1n) is 8.28. The number of carbonyl (C=O) groups is 1. The van der Waals surface area contributed by atoms with Gasteiger partial charge in [0.1, 0.15) is 0 Å². The van der Waals surface area contributed by atoms with Crippen molar-refractivity contribution in [1.29, 1.82) is 0 Å². The molecule has 2 aromatic rings. The molecular formula is C19H19N3O4. The van der Waals surface area contributed by atoms with Gasteiger partial charge >= 0.3 is 0 Å². The number of anilines is 2. The van der Waals surface area contributed by atoms with Gasteiger partial charge in [-0.05, 0) is 48.0 Å². The summed E-state index contributed by atoms with van der Waals surface area (Å²) in [6, 6.07) is 13.7. The second-order valence-corrected chi connectivity index (χ2v) is 5.82. The number of nitro benzene ring substituents is 1. The van der Waals surface area contributed by atoms with Crippen LogP contribution in [-0.2, 0) is 9.53 Å². The zero-order chi connectivity index (χ0) is 18.4. The number of morpholine rings is 1. The SMILES string of the molecule is O=C(C=Cc1ccc([N+](=O)[O-])cc1)Nc1ccc(N2CCOCC2)cc1. The van der Waals surface area contributed by atoms with E-state index in [2.05, 4.69) is 10.2 Å². The van der Waals surface area contributed by atoms with Gasteiger partial charge in [0, 0.05) is 42.7 Å². The second kappa shape index (κ2) is 8.26. The predicted molar refractivity (Wildman–Crippen MR) is 100 cm³/mol. The van der Waals surface area contributed by atoms with E-state index in [1.807, 2.05) is 24.3 Å². The molecule has 1 amide bonds. The molecule has 0 aromatic heterocycles. The molecule has 7 heteroatoms. The minimum Gasteiger partial charge on any atom is -0.378 e. The third-order valence-corrected chi connectivity index (χ3v) is 4.04. The molecule has 0 atom stereocenters. The molecule has 1 heterocycles. The minimum absolute atomic E-state index is 0.0203. The summed E-state index contributed by atoms with van der Waals surface area (Å²) >= 11 is 0. The minimum atomic E-state index is -0.458. The van der Waals surface area contributed by atoms with Gasteiger partial charge in [0.15, 0.2) is 0 Å². The van der Waals surface area contributed by atoms with E-state index in [0.29, 0.717) is 11.3 Å². The van der Waals surface area contributed by atoms with Crippen molar-refractivity contribution in [2.45, 2.75) is 0 Å². The molecule has 1 fully saturated rings. The van der Waals surface area contributed by atoms with Crippen molar-refractivity contribution in [3.05, 3.63) is 70.3 Å². The number of amides is 1. The summed E-state index contributed by atoms with van der Waals surface area (Å²) in [5, 5.41) is 13.4. The first kappa shape index (κ1) is 17.6. The maximum atomic E-state index is 12.0. The number of carbonyl (C=O) groups excluding carboxylic acids is 1. The van der Waals surface area contributed by atoms with Gasteiger partial charge in [0.05, 0.1) is 18.1 Å². The molecule has 3 rings (SSSR count). The van der Waals surface area contributed by atoms with Gasteiger partial charge in [-0.25, -0.2) is 0 Å². The smallest absolute Gasteiger partial charge is 0.269 e.